The summed E-state index contributed by atoms with van der Waals surface area (Å²) >= 11 is 1.32. The Hall–Kier alpha value is -1.21. The topological polar surface area (TPSA) is 78.4 Å². The number of nitrogens with one attached hydrogen (secondary N) is 1. The van der Waals surface area contributed by atoms with Gasteiger partial charge in [-0.05, 0) is 32.1 Å². The minimum atomic E-state index is -0.257. The predicted molar refractivity (Wildman–Crippen MR) is 76.9 cm³/mol. The first-order chi connectivity index (χ1) is 9.69. The zero-order valence-electron chi connectivity index (χ0n) is 11.6. The number of aliphatic hydroxyl groups is 1. The minimum absolute atomic E-state index is 0.0218. The average Bonchev–Trinajstić information content (AvgIpc) is 2.99. The van der Waals surface area contributed by atoms with Crippen LogP contribution in [0.5, 0.6) is 0 Å². The van der Waals surface area contributed by atoms with Crippen LogP contribution in [0.1, 0.15) is 48.8 Å². The Morgan fingerprint density at radius 2 is 2.10 bits per heavy atom. The summed E-state index contributed by atoms with van der Waals surface area (Å²) in [5.41, 5.74) is 0. The molecular weight excluding hydrogens is 276 g/mol. The van der Waals surface area contributed by atoms with Crippen LogP contribution in [0.25, 0.3) is 0 Å². The molecule has 7 heteroatoms. The van der Waals surface area contributed by atoms with Gasteiger partial charge in [-0.2, -0.15) is 0 Å². The summed E-state index contributed by atoms with van der Waals surface area (Å²) in [4.78, 5) is 14.5. The molecule has 1 aromatic heterocycles. The molecule has 1 aromatic rings. The number of aromatic nitrogens is 2. The van der Waals surface area contributed by atoms with E-state index in [2.05, 4.69) is 22.4 Å². The Labute approximate surface area is 122 Å². The highest BCUT2D eigenvalue weighted by molar-refractivity contribution is 7.17. The third-order valence-electron chi connectivity index (χ3n) is 4.08. The highest BCUT2D eigenvalue weighted by Crippen LogP contribution is 2.37. The van der Waals surface area contributed by atoms with Crippen molar-refractivity contribution in [2.24, 2.45) is 0 Å². The minimum Gasteiger partial charge on any atom is -0.393 e. The van der Waals surface area contributed by atoms with Crippen LogP contribution >= 0.6 is 11.3 Å². The van der Waals surface area contributed by atoms with Gasteiger partial charge in [0.25, 0.3) is 5.91 Å². The number of rotatable bonds is 4. The molecule has 2 N–H and O–H groups in total. The number of anilines is 1. The van der Waals surface area contributed by atoms with Crippen molar-refractivity contribution in [3.63, 3.8) is 0 Å². The normalized spacial score (nSPS) is 28.7. The fraction of sp³-hybridized carbons (Fsp3) is 0.769. The van der Waals surface area contributed by atoms with Crippen LogP contribution in [0.15, 0.2) is 0 Å². The van der Waals surface area contributed by atoms with Crippen LogP contribution < -0.4 is 5.32 Å². The van der Waals surface area contributed by atoms with E-state index in [0.717, 1.165) is 25.8 Å². The van der Waals surface area contributed by atoms with Crippen LogP contribution in [-0.2, 0) is 0 Å². The zero-order valence-corrected chi connectivity index (χ0v) is 12.4. The van der Waals surface area contributed by atoms with Gasteiger partial charge in [-0.25, -0.2) is 0 Å². The molecule has 3 rings (SSSR count). The first-order valence-corrected chi connectivity index (χ1v) is 8.08. The summed E-state index contributed by atoms with van der Waals surface area (Å²) in [5, 5.41) is 22.1. The van der Waals surface area contributed by atoms with Crippen molar-refractivity contribution in [1.82, 2.24) is 15.1 Å². The molecule has 2 fully saturated rings. The lowest BCUT2D eigenvalue weighted by Gasteiger charge is -2.36. The van der Waals surface area contributed by atoms with Crippen molar-refractivity contribution >= 4 is 22.4 Å². The Kier molecular flexibility index (Phi) is 3.89. The smallest absolute Gasteiger partial charge is 0.285 e. The van der Waals surface area contributed by atoms with Gasteiger partial charge < -0.3 is 15.3 Å². The molecule has 110 valence electrons. The molecule has 0 spiro atoms. The van der Waals surface area contributed by atoms with Gasteiger partial charge in [-0.15, -0.1) is 10.2 Å². The van der Waals surface area contributed by atoms with E-state index in [-0.39, 0.29) is 24.1 Å². The Morgan fingerprint density at radius 1 is 1.40 bits per heavy atom. The van der Waals surface area contributed by atoms with Gasteiger partial charge in [0, 0.05) is 18.6 Å². The number of piperidine rings is 1. The molecule has 2 bridgehead atoms. The van der Waals surface area contributed by atoms with E-state index in [1.807, 2.05) is 4.90 Å². The number of aliphatic hydroxyl groups excluding tert-OH is 1. The van der Waals surface area contributed by atoms with Crippen LogP contribution in [-0.4, -0.2) is 50.8 Å². The molecule has 3 heterocycles. The number of hydrogen-bond donors (Lipinski definition) is 2. The second kappa shape index (κ2) is 5.65. The second-order valence-corrected chi connectivity index (χ2v) is 6.54. The molecule has 0 radical (unpaired) electrons. The van der Waals surface area contributed by atoms with E-state index in [4.69, 9.17) is 0 Å². The van der Waals surface area contributed by atoms with E-state index in [0.29, 0.717) is 23.0 Å². The summed E-state index contributed by atoms with van der Waals surface area (Å²) in [6.07, 6.45) is 4.13. The van der Waals surface area contributed by atoms with Gasteiger partial charge in [0.2, 0.25) is 10.1 Å². The molecule has 0 aromatic carbocycles. The first kappa shape index (κ1) is 13.8. The van der Waals surface area contributed by atoms with Gasteiger partial charge in [-0.3, -0.25) is 4.79 Å². The van der Waals surface area contributed by atoms with Gasteiger partial charge in [-0.1, -0.05) is 18.3 Å². The number of hydrogen-bond acceptors (Lipinski definition) is 6. The first-order valence-electron chi connectivity index (χ1n) is 7.27. The quantitative estimate of drug-likeness (QED) is 0.880. The molecule has 2 aliphatic heterocycles. The van der Waals surface area contributed by atoms with E-state index in [1.165, 1.54) is 11.3 Å². The summed E-state index contributed by atoms with van der Waals surface area (Å²) in [5.74, 6) is -0.0218. The highest BCUT2D eigenvalue weighted by Gasteiger charge is 2.43. The van der Waals surface area contributed by atoms with Gasteiger partial charge in [0.05, 0.1) is 6.10 Å². The van der Waals surface area contributed by atoms with Gasteiger partial charge >= 0.3 is 0 Å². The maximum Gasteiger partial charge on any atom is 0.285 e. The van der Waals surface area contributed by atoms with Crippen LogP contribution in [0.4, 0.5) is 5.13 Å². The van der Waals surface area contributed by atoms with E-state index < -0.39 is 0 Å². The molecule has 2 aliphatic rings. The summed E-state index contributed by atoms with van der Waals surface area (Å²) in [6.45, 7) is 2.92. The van der Waals surface area contributed by atoms with Crippen molar-refractivity contribution in [1.29, 1.82) is 0 Å². The van der Waals surface area contributed by atoms with Crippen LogP contribution in [0.3, 0.4) is 0 Å². The molecule has 2 saturated heterocycles. The molecule has 20 heavy (non-hydrogen) atoms. The number of carbonyl (C=O) groups is 1. The van der Waals surface area contributed by atoms with Crippen LogP contribution in [0, 0.1) is 0 Å². The molecular formula is C13H20N4O2S. The fourth-order valence-corrected chi connectivity index (χ4v) is 3.92. The molecule has 6 nitrogen and oxygen atoms in total. The summed E-state index contributed by atoms with van der Waals surface area (Å²) < 4.78 is 0. The molecule has 1 amide bonds. The Morgan fingerprint density at radius 3 is 2.75 bits per heavy atom. The largest absolute Gasteiger partial charge is 0.393 e. The standard InChI is InChI=1S/C13H20N4O2S/c1-2-5-14-13-16-15-11(20-13)12(19)17-8-3-4-9(17)7-10(18)6-8/h8-10,18H,2-7H2,1H3,(H,14,16). The number of fused-ring (bicyclic) bond motifs is 2. The van der Waals surface area contributed by atoms with Crippen molar-refractivity contribution in [3.8, 4) is 0 Å². The third kappa shape index (κ3) is 2.52. The van der Waals surface area contributed by atoms with Gasteiger partial charge in [0.1, 0.15) is 0 Å². The fourth-order valence-electron chi connectivity index (χ4n) is 3.20. The second-order valence-electron chi connectivity index (χ2n) is 5.56. The molecule has 2 atom stereocenters. The van der Waals surface area contributed by atoms with E-state index in [9.17, 15) is 9.90 Å². The summed E-state index contributed by atoms with van der Waals surface area (Å²) in [6, 6.07) is 0.347. The molecule has 0 aliphatic carbocycles. The van der Waals surface area contributed by atoms with Crippen LogP contribution in [0.2, 0.25) is 0 Å². The lowest BCUT2D eigenvalue weighted by Crippen LogP contribution is -2.48. The average molecular weight is 296 g/mol. The van der Waals surface area contributed by atoms with E-state index >= 15 is 0 Å². The third-order valence-corrected chi connectivity index (χ3v) is 4.95. The van der Waals surface area contributed by atoms with Crippen molar-refractivity contribution < 1.29 is 9.90 Å². The predicted octanol–water partition coefficient (Wildman–Crippen LogP) is 1.49. The van der Waals surface area contributed by atoms with Crippen molar-refractivity contribution in [2.75, 3.05) is 11.9 Å². The van der Waals surface area contributed by atoms with Crippen molar-refractivity contribution in [3.05, 3.63) is 5.01 Å². The maximum absolute atomic E-state index is 12.6. The Balaban J connectivity index is 1.71. The number of carbonyl (C=O) groups excluding carboxylic acids is 1. The number of nitrogens with zero attached hydrogens (tertiary/aromatic N) is 3. The lowest BCUT2D eigenvalue weighted by molar-refractivity contribution is 0.0286. The number of amides is 1. The molecule has 0 saturated carbocycles. The SMILES string of the molecule is CCCNc1nnc(C(=O)N2C3CCC2CC(O)C3)s1. The molecule has 2 unspecified atom stereocenters. The summed E-state index contributed by atoms with van der Waals surface area (Å²) in [7, 11) is 0. The monoisotopic (exact) mass is 296 g/mol. The lowest BCUT2D eigenvalue weighted by atomic mass is 10.00. The zero-order chi connectivity index (χ0) is 14.1. The van der Waals surface area contributed by atoms with Gasteiger partial charge in [0.15, 0.2) is 0 Å². The van der Waals surface area contributed by atoms with E-state index in [1.54, 1.807) is 0 Å². The Bertz CT molecular complexity index is 478. The van der Waals surface area contributed by atoms with Crippen molar-refractivity contribution in [2.45, 2.75) is 57.2 Å². The highest BCUT2D eigenvalue weighted by atomic mass is 32.1. The maximum atomic E-state index is 12.6.